The summed E-state index contributed by atoms with van der Waals surface area (Å²) in [5.41, 5.74) is 15.1. The number of rotatable bonds is 8. The zero-order chi connectivity index (χ0) is 53.5. The normalized spacial score (nSPS) is 20.9. The standard InChI is InChI=1S/C26H26N4O4S.C18H16BrN3O2.C8H12BNO4S/c1-29(2)35(32,33)20-12-9-17(10-13-20)19-11-14-22-21(15-19)26(24(31)30(3)25(27)28-26)16-23(34-22)18-7-5-4-6-8-18;1-22-16(23)18(21-17(22)20)10-15(11-5-3-2-4-6-11)24-14-8-7-12(19)9-13(14)18;1-10(2)15(13,14)8-5-3-7(4-6-8)9(11)12/h4-15,23H,16H2,1-3H3,(H2,27,28);2-9,15H,10H2,1H3,(H2,20,21);3-6,11-12H,1-2H3. The van der Waals surface area contributed by atoms with Crippen LogP contribution in [0.4, 0.5) is 0 Å². The Morgan fingerprint density at radius 2 is 0.986 bits per heavy atom. The summed E-state index contributed by atoms with van der Waals surface area (Å²) >= 11 is 3.47. The first kappa shape index (κ1) is 53.4. The first-order chi connectivity index (χ1) is 35.0. The molecule has 0 aliphatic carbocycles. The zero-order valence-electron chi connectivity index (χ0n) is 41.2. The third-order valence-electron chi connectivity index (χ3n) is 13.2. The van der Waals surface area contributed by atoms with E-state index < -0.39 is 38.2 Å². The molecule has 4 aliphatic rings. The molecule has 384 valence electrons. The van der Waals surface area contributed by atoms with Crippen LogP contribution in [-0.4, -0.2) is 118 Å². The number of nitrogens with two attached hydrogens (primary N) is 2. The van der Waals surface area contributed by atoms with E-state index >= 15 is 0 Å². The number of carbonyl (C=O) groups excluding carboxylic acids is 2. The number of carbonyl (C=O) groups is 2. The number of nitrogens with zero attached hydrogens (tertiary/aromatic N) is 6. The van der Waals surface area contributed by atoms with Crippen LogP contribution in [0.5, 0.6) is 11.5 Å². The summed E-state index contributed by atoms with van der Waals surface area (Å²) in [7, 11) is 0.577. The van der Waals surface area contributed by atoms with Crippen LogP contribution in [0, 0.1) is 0 Å². The van der Waals surface area contributed by atoms with Crippen LogP contribution < -0.4 is 26.4 Å². The van der Waals surface area contributed by atoms with E-state index in [4.69, 9.17) is 31.0 Å². The number of hydrogen-bond donors (Lipinski definition) is 4. The summed E-state index contributed by atoms with van der Waals surface area (Å²) in [5.74, 6) is 1.31. The number of guanidine groups is 2. The maximum Gasteiger partial charge on any atom is 0.488 e. The van der Waals surface area contributed by atoms with Gasteiger partial charge >= 0.3 is 7.12 Å². The van der Waals surface area contributed by atoms with Crippen LogP contribution in [-0.2, 0) is 40.7 Å². The number of likely N-dealkylation sites (N-methyl/N-ethyl adjacent to an activating group) is 2. The molecule has 6 aromatic rings. The quantitative estimate of drug-likeness (QED) is 0.152. The lowest BCUT2D eigenvalue weighted by molar-refractivity contribution is -0.133. The second-order valence-corrected chi connectivity index (χ2v) is 23.4. The number of hydrogen-bond acceptors (Lipinski definition) is 14. The minimum absolute atomic E-state index is 0.122. The number of halogens is 1. The van der Waals surface area contributed by atoms with E-state index in [2.05, 4.69) is 25.9 Å². The number of sulfonamides is 2. The van der Waals surface area contributed by atoms with Crippen molar-refractivity contribution < 1.29 is 45.9 Å². The van der Waals surface area contributed by atoms with Crippen LogP contribution in [0.15, 0.2) is 170 Å². The first-order valence-corrected chi connectivity index (χ1v) is 26.7. The highest BCUT2D eigenvalue weighted by atomic mass is 79.9. The molecular formula is C52H54BBrN8O10S2. The third-order valence-corrected chi connectivity index (χ3v) is 17.3. The SMILES string of the molecule is CN(C)S(=O)(=O)c1ccc(B(O)O)cc1.CN1C(=O)C2(CC(c3ccccc3)Oc3ccc(-c4ccc(S(=O)(=O)N(C)C)cc4)cc32)N=C1N.CN1C(=O)C2(CC(c3ccccc3)Oc3ccc(Br)cc32)N=C1N. The molecule has 2 spiro atoms. The van der Waals surface area contributed by atoms with Crippen LogP contribution >= 0.6 is 15.9 Å². The van der Waals surface area contributed by atoms with Gasteiger partial charge in [0, 0.05) is 70.7 Å². The fourth-order valence-corrected chi connectivity index (χ4v) is 11.2. The van der Waals surface area contributed by atoms with Crippen molar-refractivity contribution in [3.8, 4) is 22.6 Å². The van der Waals surface area contributed by atoms with Crippen LogP contribution in [0.3, 0.4) is 0 Å². The molecule has 4 unspecified atom stereocenters. The molecule has 4 heterocycles. The summed E-state index contributed by atoms with van der Waals surface area (Å²) in [5, 5.41) is 17.6. The largest absolute Gasteiger partial charge is 0.488 e. The fourth-order valence-electron chi connectivity index (χ4n) is 8.99. The zero-order valence-corrected chi connectivity index (χ0v) is 44.4. The Kier molecular flexibility index (Phi) is 15.0. The Hall–Kier alpha value is -6.92. The molecule has 4 aliphatic heterocycles. The third kappa shape index (κ3) is 10.0. The number of benzene rings is 6. The molecule has 0 radical (unpaired) electrons. The van der Waals surface area contributed by atoms with Crippen molar-refractivity contribution >= 4 is 72.3 Å². The van der Waals surface area contributed by atoms with Gasteiger partial charge in [-0.1, -0.05) is 107 Å². The Morgan fingerprint density at radius 3 is 1.38 bits per heavy atom. The van der Waals surface area contributed by atoms with E-state index in [-0.39, 0.29) is 51.2 Å². The lowest BCUT2D eigenvalue weighted by Gasteiger charge is -2.37. The number of fused-ring (bicyclic) bond motifs is 4. The van der Waals surface area contributed by atoms with Crippen molar-refractivity contribution in [1.82, 2.24) is 18.4 Å². The van der Waals surface area contributed by atoms with Gasteiger partial charge in [0.05, 0.1) is 9.79 Å². The monoisotopic (exact) mass is 1100 g/mol. The summed E-state index contributed by atoms with van der Waals surface area (Å²) in [4.78, 5) is 38.9. The predicted molar refractivity (Wildman–Crippen MR) is 285 cm³/mol. The van der Waals surface area contributed by atoms with Gasteiger partial charge < -0.3 is 31.0 Å². The van der Waals surface area contributed by atoms with Crippen LogP contribution in [0.25, 0.3) is 11.1 Å². The minimum atomic E-state index is -3.53. The van der Waals surface area contributed by atoms with Gasteiger partial charge in [0.2, 0.25) is 20.0 Å². The number of aliphatic imine (C=N–C) groups is 2. The molecule has 0 saturated heterocycles. The first-order valence-electron chi connectivity index (χ1n) is 23.1. The van der Waals surface area contributed by atoms with Gasteiger partial charge in [0.25, 0.3) is 11.8 Å². The fraction of sp³-hybridized carbons (Fsp3) is 0.231. The van der Waals surface area contributed by atoms with E-state index in [9.17, 15) is 26.4 Å². The molecule has 4 atom stereocenters. The van der Waals surface area contributed by atoms with Gasteiger partial charge in [0.15, 0.2) is 23.0 Å². The smallest absolute Gasteiger partial charge is 0.485 e. The molecule has 2 amide bonds. The van der Waals surface area contributed by atoms with Gasteiger partial charge in [-0.15, -0.1) is 0 Å². The van der Waals surface area contributed by atoms with Gasteiger partial charge in [-0.25, -0.2) is 35.4 Å². The number of amides is 2. The Labute approximate surface area is 438 Å². The highest BCUT2D eigenvalue weighted by molar-refractivity contribution is 9.10. The Morgan fingerprint density at radius 1 is 0.595 bits per heavy atom. The molecule has 10 rings (SSSR count). The predicted octanol–water partition coefficient (Wildman–Crippen LogP) is 4.68. The molecule has 18 nitrogen and oxygen atoms in total. The summed E-state index contributed by atoms with van der Waals surface area (Å²) in [6, 6.07) is 43.0. The molecule has 22 heteroatoms. The van der Waals surface area contributed by atoms with E-state index in [1.807, 2.05) is 97.1 Å². The van der Waals surface area contributed by atoms with Gasteiger partial charge in [-0.3, -0.25) is 19.4 Å². The van der Waals surface area contributed by atoms with Crippen molar-refractivity contribution in [1.29, 1.82) is 0 Å². The lowest BCUT2D eigenvalue weighted by Crippen LogP contribution is -2.43. The van der Waals surface area contributed by atoms with E-state index in [0.717, 1.165) is 36.6 Å². The molecule has 0 saturated carbocycles. The molecule has 0 fully saturated rings. The molecular weight excluding hydrogens is 1050 g/mol. The number of ether oxygens (including phenoxy) is 2. The Bertz CT molecular complexity index is 3390. The van der Waals surface area contributed by atoms with E-state index in [1.54, 1.807) is 38.4 Å². The van der Waals surface area contributed by atoms with Crippen molar-refractivity contribution in [2.45, 2.75) is 45.9 Å². The van der Waals surface area contributed by atoms with Crippen molar-refractivity contribution in [2.75, 3.05) is 42.3 Å². The van der Waals surface area contributed by atoms with Crippen molar-refractivity contribution in [3.05, 3.63) is 172 Å². The van der Waals surface area contributed by atoms with E-state index in [0.29, 0.717) is 29.9 Å². The van der Waals surface area contributed by atoms with Crippen LogP contribution in [0.2, 0.25) is 0 Å². The average molecular weight is 1110 g/mol. The van der Waals surface area contributed by atoms with E-state index in [1.165, 1.54) is 66.6 Å². The molecule has 0 aromatic heterocycles. The van der Waals surface area contributed by atoms with Crippen molar-refractivity contribution in [2.24, 2.45) is 21.5 Å². The second kappa shape index (κ2) is 20.8. The molecule has 0 bridgehead atoms. The molecule has 6 N–H and O–H groups in total. The second-order valence-electron chi connectivity index (χ2n) is 18.2. The topological polar surface area (TPSA) is 251 Å². The molecule has 6 aromatic carbocycles. The highest BCUT2D eigenvalue weighted by Crippen LogP contribution is 2.52. The highest BCUT2D eigenvalue weighted by Gasteiger charge is 2.55. The summed E-state index contributed by atoms with van der Waals surface area (Å²) < 4.78 is 63.7. The maximum absolute atomic E-state index is 13.5. The van der Waals surface area contributed by atoms with Crippen molar-refractivity contribution in [3.63, 3.8) is 0 Å². The average Bonchev–Trinajstić information content (AvgIpc) is 3.74. The van der Waals surface area contributed by atoms with Gasteiger partial charge in [-0.05, 0) is 82.3 Å². The lowest BCUT2D eigenvalue weighted by atomic mass is 9.79. The van der Waals surface area contributed by atoms with Gasteiger partial charge in [0.1, 0.15) is 23.7 Å². The summed E-state index contributed by atoms with van der Waals surface area (Å²) in [6.45, 7) is 0. The summed E-state index contributed by atoms with van der Waals surface area (Å²) in [6.07, 6.45) is 0.116. The Balaban J connectivity index is 0.000000161. The van der Waals surface area contributed by atoms with Crippen LogP contribution in [0.1, 0.15) is 47.3 Å². The molecule has 74 heavy (non-hydrogen) atoms. The maximum atomic E-state index is 13.5. The van der Waals surface area contributed by atoms with Gasteiger partial charge in [-0.2, -0.15) is 0 Å². The minimum Gasteiger partial charge on any atom is -0.485 e.